The highest BCUT2D eigenvalue weighted by Crippen LogP contribution is 2.20. The number of hydrogen-bond acceptors (Lipinski definition) is 3. The lowest BCUT2D eigenvalue weighted by Gasteiger charge is -2.17. The van der Waals surface area contributed by atoms with E-state index in [4.69, 9.17) is 0 Å². The van der Waals surface area contributed by atoms with Gasteiger partial charge in [0.05, 0.1) is 11.7 Å². The Bertz CT molecular complexity index is 471. The van der Waals surface area contributed by atoms with Crippen molar-refractivity contribution in [2.45, 2.75) is 27.2 Å². The van der Waals surface area contributed by atoms with Gasteiger partial charge in [-0.15, -0.1) is 0 Å². The SMILES string of the molecule is CC(C)(C)Cc1ccc2ncncc2n1. The maximum atomic E-state index is 4.54. The molecule has 0 fully saturated rings. The van der Waals surface area contributed by atoms with Crippen LogP contribution in [0.2, 0.25) is 0 Å². The second kappa shape index (κ2) is 3.57. The molecule has 0 spiro atoms. The zero-order chi connectivity index (χ0) is 10.9. The second-order valence-electron chi connectivity index (χ2n) is 4.97. The summed E-state index contributed by atoms with van der Waals surface area (Å²) in [6, 6.07) is 4.05. The lowest BCUT2D eigenvalue weighted by atomic mass is 9.90. The molecule has 78 valence electrons. The first-order valence-electron chi connectivity index (χ1n) is 5.10. The van der Waals surface area contributed by atoms with Gasteiger partial charge in [-0.1, -0.05) is 20.8 Å². The van der Waals surface area contributed by atoms with Gasteiger partial charge in [0.25, 0.3) is 0 Å². The van der Waals surface area contributed by atoms with Crippen molar-refractivity contribution >= 4 is 11.0 Å². The molecule has 15 heavy (non-hydrogen) atoms. The van der Waals surface area contributed by atoms with Crippen LogP contribution >= 0.6 is 0 Å². The van der Waals surface area contributed by atoms with Crippen LogP contribution in [-0.2, 0) is 6.42 Å². The first kappa shape index (κ1) is 10.0. The Morgan fingerprint density at radius 2 is 1.93 bits per heavy atom. The van der Waals surface area contributed by atoms with Gasteiger partial charge in [-0.2, -0.15) is 0 Å². The largest absolute Gasteiger partial charge is 0.250 e. The Labute approximate surface area is 89.6 Å². The summed E-state index contributed by atoms with van der Waals surface area (Å²) in [5.41, 5.74) is 3.14. The number of hydrogen-bond donors (Lipinski definition) is 0. The van der Waals surface area contributed by atoms with Crippen LogP contribution in [0.4, 0.5) is 0 Å². The molecule has 0 saturated carbocycles. The molecule has 3 nitrogen and oxygen atoms in total. The fraction of sp³-hybridized carbons (Fsp3) is 0.417. The summed E-state index contributed by atoms with van der Waals surface area (Å²) in [6.45, 7) is 6.63. The van der Waals surface area contributed by atoms with Crippen LogP contribution in [0.25, 0.3) is 11.0 Å². The van der Waals surface area contributed by atoms with E-state index < -0.39 is 0 Å². The standard InChI is InChI=1S/C12H15N3/c1-12(2,3)6-9-4-5-10-11(15-9)7-13-8-14-10/h4-5,7-8H,6H2,1-3H3. The van der Waals surface area contributed by atoms with Crippen LogP contribution in [0.5, 0.6) is 0 Å². The van der Waals surface area contributed by atoms with Crippen LogP contribution in [0.3, 0.4) is 0 Å². The van der Waals surface area contributed by atoms with Gasteiger partial charge in [-0.05, 0) is 24.0 Å². The zero-order valence-corrected chi connectivity index (χ0v) is 9.36. The van der Waals surface area contributed by atoms with Crippen molar-refractivity contribution in [3.05, 3.63) is 30.4 Å². The molecule has 0 N–H and O–H groups in total. The van der Waals surface area contributed by atoms with Crippen molar-refractivity contribution < 1.29 is 0 Å². The summed E-state index contributed by atoms with van der Waals surface area (Å²) in [4.78, 5) is 12.7. The molecule has 0 unspecified atom stereocenters. The molecule has 2 aromatic rings. The van der Waals surface area contributed by atoms with Crippen molar-refractivity contribution in [2.24, 2.45) is 5.41 Å². The van der Waals surface area contributed by atoms with Crippen molar-refractivity contribution in [1.29, 1.82) is 0 Å². The number of pyridine rings is 1. The fourth-order valence-electron chi connectivity index (χ4n) is 1.56. The molecule has 3 heteroatoms. The normalized spacial score (nSPS) is 11.9. The van der Waals surface area contributed by atoms with Crippen LogP contribution in [0.1, 0.15) is 26.5 Å². The Hall–Kier alpha value is -1.51. The minimum Gasteiger partial charge on any atom is -0.250 e. The zero-order valence-electron chi connectivity index (χ0n) is 9.36. The second-order valence-corrected chi connectivity index (χ2v) is 4.97. The van der Waals surface area contributed by atoms with E-state index in [2.05, 4.69) is 35.7 Å². The minimum absolute atomic E-state index is 0.260. The first-order chi connectivity index (χ1) is 7.04. The topological polar surface area (TPSA) is 38.7 Å². The maximum Gasteiger partial charge on any atom is 0.116 e. The van der Waals surface area contributed by atoms with Crippen LogP contribution in [-0.4, -0.2) is 15.0 Å². The molecular formula is C12H15N3. The molecule has 0 aliphatic heterocycles. The van der Waals surface area contributed by atoms with Crippen molar-refractivity contribution in [2.75, 3.05) is 0 Å². The van der Waals surface area contributed by atoms with Crippen LogP contribution in [0, 0.1) is 5.41 Å². The van der Waals surface area contributed by atoms with Gasteiger partial charge in [0.2, 0.25) is 0 Å². The Kier molecular flexibility index (Phi) is 2.39. The molecular weight excluding hydrogens is 186 g/mol. The van der Waals surface area contributed by atoms with Gasteiger partial charge in [-0.3, -0.25) is 0 Å². The van der Waals surface area contributed by atoms with Gasteiger partial charge in [-0.25, -0.2) is 15.0 Å². The Morgan fingerprint density at radius 1 is 1.13 bits per heavy atom. The molecule has 0 atom stereocenters. The fourth-order valence-corrected chi connectivity index (χ4v) is 1.56. The van der Waals surface area contributed by atoms with Gasteiger partial charge in [0, 0.05) is 5.69 Å². The van der Waals surface area contributed by atoms with Crippen molar-refractivity contribution in [1.82, 2.24) is 15.0 Å². The molecule has 0 aliphatic rings. The smallest absolute Gasteiger partial charge is 0.116 e. The lowest BCUT2D eigenvalue weighted by molar-refractivity contribution is 0.407. The third-order valence-electron chi connectivity index (χ3n) is 2.13. The van der Waals surface area contributed by atoms with Gasteiger partial charge in [0.1, 0.15) is 11.8 Å². The quantitative estimate of drug-likeness (QED) is 0.712. The molecule has 0 radical (unpaired) electrons. The average molecular weight is 201 g/mol. The molecule has 0 aliphatic carbocycles. The molecule has 2 rings (SSSR count). The number of nitrogens with zero attached hydrogens (tertiary/aromatic N) is 3. The Morgan fingerprint density at radius 3 is 2.67 bits per heavy atom. The molecule has 0 bridgehead atoms. The molecule has 0 saturated heterocycles. The first-order valence-corrected chi connectivity index (χ1v) is 5.10. The van der Waals surface area contributed by atoms with E-state index in [1.165, 1.54) is 0 Å². The predicted octanol–water partition coefficient (Wildman–Crippen LogP) is 2.61. The van der Waals surface area contributed by atoms with Gasteiger partial charge in [0.15, 0.2) is 0 Å². The summed E-state index contributed by atoms with van der Waals surface area (Å²) in [5.74, 6) is 0. The van der Waals surface area contributed by atoms with Crippen molar-refractivity contribution in [3.8, 4) is 0 Å². The van der Waals surface area contributed by atoms with E-state index in [1.54, 1.807) is 12.5 Å². The summed E-state index contributed by atoms with van der Waals surface area (Å²) in [6.07, 6.45) is 4.28. The maximum absolute atomic E-state index is 4.54. The average Bonchev–Trinajstić information content (AvgIpc) is 2.15. The molecule has 2 aromatic heterocycles. The summed E-state index contributed by atoms with van der Waals surface area (Å²) < 4.78 is 0. The number of aromatic nitrogens is 3. The van der Waals surface area contributed by atoms with E-state index in [9.17, 15) is 0 Å². The van der Waals surface area contributed by atoms with E-state index in [1.807, 2.05) is 12.1 Å². The number of rotatable bonds is 1. The third-order valence-corrected chi connectivity index (χ3v) is 2.13. The van der Waals surface area contributed by atoms with Crippen LogP contribution < -0.4 is 0 Å². The van der Waals surface area contributed by atoms with Gasteiger partial charge < -0.3 is 0 Å². The molecule has 2 heterocycles. The highest BCUT2D eigenvalue weighted by molar-refractivity contribution is 5.72. The van der Waals surface area contributed by atoms with Gasteiger partial charge >= 0.3 is 0 Å². The highest BCUT2D eigenvalue weighted by Gasteiger charge is 2.12. The molecule has 0 aromatic carbocycles. The molecule has 0 amide bonds. The monoisotopic (exact) mass is 201 g/mol. The predicted molar refractivity (Wildman–Crippen MR) is 60.5 cm³/mol. The van der Waals surface area contributed by atoms with Crippen LogP contribution in [0.15, 0.2) is 24.7 Å². The Balaban J connectivity index is 2.39. The summed E-state index contributed by atoms with van der Waals surface area (Å²) in [7, 11) is 0. The highest BCUT2D eigenvalue weighted by atomic mass is 14.9. The van der Waals surface area contributed by atoms with E-state index in [0.717, 1.165) is 23.1 Å². The third kappa shape index (κ3) is 2.49. The summed E-state index contributed by atoms with van der Waals surface area (Å²) >= 11 is 0. The van der Waals surface area contributed by atoms with E-state index >= 15 is 0 Å². The van der Waals surface area contributed by atoms with Crippen molar-refractivity contribution in [3.63, 3.8) is 0 Å². The summed E-state index contributed by atoms with van der Waals surface area (Å²) in [5, 5.41) is 0. The van der Waals surface area contributed by atoms with E-state index in [-0.39, 0.29) is 5.41 Å². The number of fused-ring (bicyclic) bond motifs is 1. The lowest BCUT2D eigenvalue weighted by Crippen LogP contribution is -2.10. The minimum atomic E-state index is 0.260. The van der Waals surface area contributed by atoms with E-state index in [0.29, 0.717) is 0 Å².